The van der Waals surface area contributed by atoms with Gasteiger partial charge in [-0.1, -0.05) is 42.1 Å². The molecule has 3 aromatic rings. The van der Waals surface area contributed by atoms with E-state index in [2.05, 4.69) is 10.3 Å². The molecule has 0 spiro atoms. The van der Waals surface area contributed by atoms with Crippen LogP contribution in [0.5, 0.6) is 5.75 Å². The average Bonchev–Trinajstić information content (AvgIpc) is 3.03. The van der Waals surface area contributed by atoms with Crippen molar-refractivity contribution in [1.82, 2.24) is 10.3 Å². The SMILES string of the molecule is COc1ccccc1[C@H](C)NC(=O)CSc1nc2ccccc2o1. The maximum atomic E-state index is 12.2. The van der Waals surface area contributed by atoms with Crippen molar-refractivity contribution in [1.29, 1.82) is 0 Å². The number of ether oxygens (including phenoxy) is 1. The summed E-state index contributed by atoms with van der Waals surface area (Å²) in [6.45, 7) is 1.93. The highest BCUT2D eigenvalue weighted by atomic mass is 32.2. The van der Waals surface area contributed by atoms with Gasteiger partial charge in [0.15, 0.2) is 5.58 Å². The zero-order valence-corrected chi connectivity index (χ0v) is 14.3. The Morgan fingerprint density at radius 1 is 1.25 bits per heavy atom. The van der Waals surface area contributed by atoms with E-state index in [0.29, 0.717) is 5.22 Å². The van der Waals surface area contributed by atoms with Crippen LogP contribution >= 0.6 is 11.8 Å². The van der Waals surface area contributed by atoms with Gasteiger partial charge in [0.1, 0.15) is 11.3 Å². The van der Waals surface area contributed by atoms with Gasteiger partial charge in [-0.3, -0.25) is 4.79 Å². The summed E-state index contributed by atoms with van der Waals surface area (Å²) in [5, 5.41) is 3.46. The minimum Gasteiger partial charge on any atom is -0.496 e. The summed E-state index contributed by atoms with van der Waals surface area (Å²) >= 11 is 1.28. The third-order valence-electron chi connectivity index (χ3n) is 3.58. The summed E-state index contributed by atoms with van der Waals surface area (Å²) in [5.41, 5.74) is 2.46. The van der Waals surface area contributed by atoms with E-state index in [1.54, 1.807) is 7.11 Å². The van der Waals surface area contributed by atoms with Gasteiger partial charge < -0.3 is 14.5 Å². The molecule has 0 radical (unpaired) electrons. The lowest BCUT2D eigenvalue weighted by Gasteiger charge is -2.16. The standard InChI is InChI=1S/C18H18N2O3S/c1-12(13-7-3-5-9-15(13)22-2)19-17(21)11-24-18-20-14-8-4-6-10-16(14)23-18/h3-10,12H,11H2,1-2H3,(H,19,21)/t12-/m0/s1. The van der Waals surface area contributed by atoms with Gasteiger partial charge >= 0.3 is 0 Å². The molecule has 1 aromatic heterocycles. The predicted octanol–water partition coefficient (Wildman–Crippen LogP) is 3.81. The van der Waals surface area contributed by atoms with Crippen molar-refractivity contribution in [3.63, 3.8) is 0 Å². The normalized spacial score (nSPS) is 12.1. The number of amides is 1. The summed E-state index contributed by atoms with van der Waals surface area (Å²) < 4.78 is 10.9. The molecule has 0 saturated carbocycles. The van der Waals surface area contributed by atoms with E-state index >= 15 is 0 Å². The molecule has 1 heterocycles. The second-order valence-corrected chi connectivity index (χ2v) is 6.19. The highest BCUT2D eigenvalue weighted by molar-refractivity contribution is 7.99. The number of rotatable bonds is 6. The van der Waals surface area contributed by atoms with Crippen LogP contribution in [0.1, 0.15) is 18.5 Å². The van der Waals surface area contributed by atoms with Crippen LogP contribution in [0.4, 0.5) is 0 Å². The van der Waals surface area contributed by atoms with Crippen LogP contribution in [0.2, 0.25) is 0 Å². The van der Waals surface area contributed by atoms with Gasteiger partial charge in [0.2, 0.25) is 5.91 Å². The van der Waals surface area contributed by atoms with Crippen molar-refractivity contribution >= 4 is 28.8 Å². The molecule has 1 amide bonds. The number of aromatic nitrogens is 1. The van der Waals surface area contributed by atoms with Gasteiger partial charge in [0, 0.05) is 5.56 Å². The van der Waals surface area contributed by atoms with Gasteiger partial charge in [0.25, 0.3) is 5.22 Å². The molecule has 3 rings (SSSR count). The van der Waals surface area contributed by atoms with E-state index in [0.717, 1.165) is 22.4 Å². The van der Waals surface area contributed by atoms with Crippen LogP contribution in [-0.2, 0) is 4.79 Å². The molecule has 124 valence electrons. The monoisotopic (exact) mass is 342 g/mol. The van der Waals surface area contributed by atoms with Gasteiger partial charge in [-0.05, 0) is 25.1 Å². The minimum atomic E-state index is -0.141. The largest absolute Gasteiger partial charge is 0.496 e. The molecule has 0 fully saturated rings. The van der Waals surface area contributed by atoms with E-state index in [9.17, 15) is 4.79 Å². The second-order valence-electron chi connectivity index (χ2n) is 5.27. The van der Waals surface area contributed by atoms with E-state index < -0.39 is 0 Å². The molecular weight excluding hydrogens is 324 g/mol. The Labute approximate surface area is 144 Å². The first kappa shape index (κ1) is 16.4. The van der Waals surface area contributed by atoms with E-state index in [4.69, 9.17) is 9.15 Å². The quantitative estimate of drug-likeness (QED) is 0.690. The summed E-state index contributed by atoms with van der Waals surface area (Å²) in [6.07, 6.45) is 0. The second kappa shape index (κ2) is 7.40. The van der Waals surface area contributed by atoms with Crippen molar-refractivity contribution in [3.8, 4) is 5.75 Å². The van der Waals surface area contributed by atoms with Crippen molar-refractivity contribution in [2.75, 3.05) is 12.9 Å². The molecule has 0 unspecified atom stereocenters. The van der Waals surface area contributed by atoms with Crippen LogP contribution < -0.4 is 10.1 Å². The highest BCUT2D eigenvalue weighted by Crippen LogP contribution is 2.25. The van der Waals surface area contributed by atoms with Crippen LogP contribution in [0, 0.1) is 0 Å². The Hall–Kier alpha value is -2.47. The average molecular weight is 342 g/mol. The molecule has 0 saturated heterocycles. The number of thioether (sulfide) groups is 1. The van der Waals surface area contributed by atoms with E-state index in [-0.39, 0.29) is 17.7 Å². The first-order chi connectivity index (χ1) is 11.7. The topological polar surface area (TPSA) is 64.4 Å². The maximum absolute atomic E-state index is 12.2. The lowest BCUT2D eigenvalue weighted by Crippen LogP contribution is -2.28. The summed E-state index contributed by atoms with van der Waals surface area (Å²) in [4.78, 5) is 16.5. The van der Waals surface area contributed by atoms with E-state index in [1.807, 2.05) is 55.5 Å². The van der Waals surface area contributed by atoms with Crippen LogP contribution in [0.15, 0.2) is 58.2 Å². The number of hydrogen-bond acceptors (Lipinski definition) is 5. The Kier molecular flexibility index (Phi) is 5.05. The van der Waals surface area contributed by atoms with Gasteiger partial charge in [-0.15, -0.1) is 0 Å². The number of hydrogen-bond donors (Lipinski definition) is 1. The van der Waals surface area contributed by atoms with Gasteiger partial charge in [-0.2, -0.15) is 0 Å². The van der Waals surface area contributed by atoms with Crippen molar-refractivity contribution < 1.29 is 13.9 Å². The molecule has 6 heteroatoms. The number of carbonyl (C=O) groups is 1. The molecule has 2 aromatic carbocycles. The number of oxazole rings is 1. The lowest BCUT2D eigenvalue weighted by molar-refractivity contribution is -0.119. The number of carbonyl (C=O) groups excluding carboxylic acids is 1. The van der Waals surface area contributed by atoms with E-state index in [1.165, 1.54) is 11.8 Å². The highest BCUT2D eigenvalue weighted by Gasteiger charge is 2.15. The predicted molar refractivity (Wildman–Crippen MR) is 94.3 cm³/mol. The van der Waals surface area contributed by atoms with Crippen molar-refractivity contribution in [2.45, 2.75) is 18.2 Å². The number of para-hydroxylation sites is 3. The maximum Gasteiger partial charge on any atom is 0.257 e. The molecular formula is C18H18N2O3S. The number of nitrogens with one attached hydrogen (secondary N) is 1. The first-order valence-electron chi connectivity index (χ1n) is 7.58. The zero-order chi connectivity index (χ0) is 16.9. The van der Waals surface area contributed by atoms with Gasteiger partial charge in [0.05, 0.1) is 18.9 Å². The Bertz CT molecular complexity index is 814. The lowest BCUT2D eigenvalue weighted by atomic mass is 10.1. The fourth-order valence-corrected chi connectivity index (χ4v) is 3.07. The van der Waals surface area contributed by atoms with Crippen molar-refractivity contribution in [3.05, 3.63) is 54.1 Å². The minimum absolute atomic E-state index is 0.0827. The molecule has 0 aliphatic rings. The van der Waals surface area contributed by atoms with Crippen LogP contribution in [0.25, 0.3) is 11.1 Å². The Morgan fingerprint density at radius 3 is 2.79 bits per heavy atom. The summed E-state index contributed by atoms with van der Waals surface area (Å²) in [7, 11) is 1.62. The van der Waals surface area contributed by atoms with Gasteiger partial charge in [-0.25, -0.2) is 4.98 Å². The zero-order valence-electron chi connectivity index (χ0n) is 13.5. The Balaban J connectivity index is 1.59. The first-order valence-corrected chi connectivity index (χ1v) is 8.56. The molecule has 0 aliphatic heterocycles. The third-order valence-corrected chi connectivity index (χ3v) is 4.41. The molecule has 5 nitrogen and oxygen atoms in total. The van der Waals surface area contributed by atoms with Crippen LogP contribution in [0.3, 0.4) is 0 Å². The molecule has 0 bridgehead atoms. The number of methoxy groups -OCH3 is 1. The van der Waals surface area contributed by atoms with Crippen molar-refractivity contribution in [2.24, 2.45) is 0 Å². The Morgan fingerprint density at radius 2 is 2.00 bits per heavy atom. The fourth-order valence-electron chi connectivity index (χ4n) is 2.43. The summed E-state index contributed by atoms with van der Waals surface area (Å²) in [6, 6.07) is 15.0. The molecule has 1 N–H and O–H groups in total. The summed E-state index contributed by atoms with van der Waals surface area (Å²) in [5.74, 6) is 0.921. The fraction of sp³-hybridized carbons (Fsp3) is 0.222. The molecule has 24 heavy (non-hydrogen) atoms. The number of benzene rings is 2. The number of nitrogens with zero attached hydrogens (tertiary/aromatic N) is 1. The van der Waals surface area contributed by atoms with Crippen LogP contribution in [-0.4, -0.2) is 23.8 Å². The smallest absolute Gasteiger partial charge is 0.257 e. The molecule has 0 aliphatic carbocycles. The third kappa shape index (κ3) is 3.71. The number of fused-ring (bicyclic) bond motifs is 1. The molecule has 1 atom stereocenters.